The van der Waals surface area contributed by atoms with Crippen molar-refractivity contribution in [2.24, 2.45) is 11.8 Å². The zero-order valence-electron chi connectivity index (χ0n) is 14.7. The Balaban J connectivity index is 1.24. The lowest BCUT2D eigenvalue weighted by atomic mass is 10.0. The van der Waals surface area contributed by atoms with Gasteiger partial charge in [0.2, 0.25) is 0 Å². The van der Waals surface area contributed by atoms with Crippen LogP contribution in [0.4, 0.5) is 0 Å². The minimum absolute atomic E-state index is 0.220. The molecule has 4 rings (SSSR count). The van der Waals surface area contributed by atoms with Crippen molar-refractivity contribution in [3.05, 3.63) is 53.9 Å². The van der Waals surface area contributed by atoms with Crippen LogP contribution in [0, 0.1) is 23.2 Å². The number of hydrogen-bond donors (Lipinski definition) is 1. The lowest BCUT2D eigenvalue weighted by Gasteiger charge is -2.19. The fraction of sp³-hybridized carbons (Fsp3) is 0.429. The van der Waals surface area contributed by atoms with Gasteiger partial charge in [0.05, 0.1) is 23.9 Å². The molecule has 1 aromatic heterocycles. The summed E-state index contributed by atoms with van der Waals surface area (Å²) in [7, 11) is 0. The first-order chi connectivity index (χ1) is 12.7. The van der Waals surface area contributed by atoms with Crippen LogP contribution >= 0.6 is 0 Å². The number of pyridine rings is 1. The van der Waals surface area contributed by atoms with Gasteiger partial charge in [-0.25, -0.2) is 0 Å². The Kier molecular flexibility index (Phi) is 4.77. The van der Waals surface area contributed by atoms with Crippen molar-refractivity contribution in [1.82, 2.24) is 9.88 Å². The van der Waals surface area contributed by atoms with E-state index in [2.05, 4.69) is 16.0 Å². The van der Waals surface area contributed by atoms with Gasteiger partial charge in [0, 0.05) is 31.7 Å². The Morgan fingerprint density at radius 2 is 1.85 bits per heavy atom. The summed E-state index contributed by atoms with van der Waals surface area (Å²) >= 11 is 0. The van der Waals surface area contributed by atoms with E-state index in [0.717, 1.165) is 50.3 Å². The second kappa shape index (κ2) is 7.35. The molecule has 2 aromatic rings. The summed E-state index contributed by atoms with van der Waals surface area (Å²) in [5, 5.41) is 18.2. The maximum atomic E-state index is 9.30. The number of nitrogens with zero attached hydrogens (tertiary/aromatic N) is 3. The first kappa shape index (κ1) is 16.9. The van der Waals surface area contributed by atoms with Crippen molar-refractivity contribution >= 4 is 0 Å². The van der Waals surface area contributed by atoms with Crippen LogP contribution in [0.3, 0.4) is 0 Å². The van der Waals surface area contributed by atoms with Crippen LogP contribution in [-0.4, -0.2) is 40.7 Å². The van der Waals surface area contributed by atoms with Gasteiger partial charge in [0.15, 0.2) is 0 Å². The Morgan fingerprint density at radius 1 is 1.12 bits per heavy atom. The fourth-order valence-corrected chi connectivity index (χ4v) is 4.26. The molecule has 0 spiro atoms. The maximum Gasteiger partial charge on any atom is 0.133 e. The molecule has 1 aliphatic carbocycles. The zero-order chi connectivity index (χ0) is 17.9. The third-order valence-corrected chi connectivity index (χ3v) is 5.56. The molecule has 2 aliphatic rings. The Labute approximate surface area is 153 Å². The van der Waals surface area contributed by atoms with Gasteiger partial charge in [0.1, 0.15) is 11.5 Å². The Hall–Kier alpha value is -2.58. The zero-order valence-corrected chi connectivity index (χ0v) is 14.7. The van der Waals surface area contributed by atoms with Crippen LogP contribution in [0.15, 0.2) is 42.6 Å². The van der Waals surface area contributed by atoms with Crippen molar-refractivity contribution < 1.29 is 9.84 Å². The van der Waals surface area contributed by atoms with Gasteiger partial charge in [0.25, 0.3) is 0 Å². The Bertz CT molecular complexity index is 768. The summed E-state index contributed by atoms with van der Waals surface area (Å²) in [5.41, 5.74) is 1.70. The molecule has 3 atom stereocenters. The number of hydrogen-bond acceptors (Lipinski definition) is 5. The van der Waals surface area contributed by atoms with Crippen LogP contribution in [0.2, 0.25) is 0 Å². The normalized spacial score (nSPS) is 25.0. The third-order valence-electron chi connectivity index (χ3n) is 5.56. The summed E-state index contributed by atoms with van der Waals surface area (Å²) in [5.74, 6) is 2.51. The number of ether oxygens (including phenoxy) is 1. The van der Waals surface area contributed by atoms with Crippen molar-refractivity contribution in [3.63, 3.8) is 0 Å². The standard InChI is InChI=1S/C21H23N3O2/c22-11-15-1-5-20(6-2-15)26-21-9-16-13-24(14-17(16)10-21)8-7-18-3-4-19(25)12-23-18/h1-6,12,16-17,21,25H,7-10,13-14H2/t16-,17+,21-. The molecule has 2 heterocycles. The molecule has 1 aliphatic heterocycles. The van der Waals surface area contributed by atoms with E-state index in [1.54, 1.807) is 6.07 Å². The molecule has 1 N–H and O–H groups in total. The molecule has 26 heavy (non-hydrogen) atoms. The summed E-state index contributed by atoms with van der Waals surface area (Å²) in [4.78, 5) is 6.80. The molecule has 5 heteroatoms. The lowest BCUT2D eigenvalue weighted by Crippen LogP contribution is -2.26. The minimum Gasteiger partial charge on any atom is -0.506 e. The predicted octanol–water partition coefficient (Wildman–Crippen LogP) is 2.99. The number of nitriles is 1. The smallest absolute Gasteiger partial charge is 0.133 e. The molecule has 1 saturated heterocycles. The maximum absolute atomic E-state index is 9.30. The molecule has 0 bridgehead atoms. The molecule has 1 saturated carbocycles. The second-order valence-corrected chi connectivity index (χ2v) is 7.38. The average Bonchev–Trinajstić information content (AvgIpc) is 3.20. The van der Waals surface area contributed by atoms with Gasteiger partial charge in [-0.1, -0.05) is 0 Å². The number of fused-ring (bicyclic) bond motifs is 1. The second-order valence-electron chi connectivity index (χ2n) is 7.38. The number of aromatic nitrogens is 1. The van der Waals surface area contributed by atoms with Crippen molar-refractivity contribution in [2.45, 2.75) is 25.4 Å². The van der Waals surface area contributed by atoms with Gasteiger partial charge in [-0.05, 0) is 61.1 Å². The van der Waals surface area contributed by atoms with Gasteiger partial charge in [-0.3, -0.25) is 4.98 Å². The molecule has 134 valence electrons. The number of rotatable bonds is 5. The first-order valence-corrected chi connectivity index (χ1v) is 9.22. The predicted molar refractivity (Wildman–Crippen MR) is 97.8 cm³/mol. The van der Waals surface area contributed by atoms with Gasteiger partial charge in [-0.15, -0.1) is 0 Å². The first-order valence-electron chi connectivity index (χ1n) is 9.22. The highest BCUT2D eigenvalue weighted by atomic mass is 16.5. The molecule has 0 amide bonds. The summed E-state index contributed by atoms with van der Waals surface area (Å²) in [6, 6.07) is 13.1. The highest BCUT2D eigenvalue weighted by Gasteiger charge is 2.41. The third kappa shape index (κ3) is 3.81. The van der Waals surface area contributed by atoms with Crippen molar-refractivity contribution in [3.8, 4) is 17.6 Å². The van der Waals surface area contributed by atoms with Crippen LogP contribution in [-0.2, 0) is 6.42 Å². The highest BCUT2D eigenvalue weighted by Crippen LogP contribution is 2.39. The van der Waals surface area contributed by atoms with Crippen LogP contribution < -0.4 is 4.74 Å². The van der Waals surface area contributed by atoms with Gasteiger partial charge < -0.3 is 14.7 Å². The molecular formula is C21H23N3O2. The fourth-order valence-electron chi connectivity index (χ4n) is 4.26. The minimum atomic E-state index is 0.220. The Morgan fingerprint density at radius 3 is 2.46 bits per heavy atom. The van der Waals surface area contributed by atoms with Crippen molar-refractivity contribution in [1.29, 1.82) is 5.26 Å². The SMILES string of the molecule is N#Cc1ccc(O[C@@H]2C[C@@H]3CN(CCc4ccc(O)cn4)C[C@@H]3C2)cc1. The van der Waals surface area contributed by atoms with E-state index in [9.17, 15) is 5.11 Å². The van der Waals surface area contributed by atoms with E-state index in [0.29, 0.717) is 23.5 Å². The number of benzene rings is 1. The van der Waals surface area contributed by atoms with Gasteiger partial charge in [-0.2, -0.15) is 5.26 Å². The van der Waals surface area contributed by atoms with E-state index in [4.69, 9.17) is 10.00 Å². The molecule has 5 nitrogen and oxygen atoms in total. The molecule has 0 unspecified atom stereocenters. The lowest BCUT2D eigenvalue weighted by molar-refractivity contribution is 0.186. The quantitative estimate of drug-likeness (QED) is 0.899. The van der Waals surface area contributed by atoms with E-state index in [1.807, 2.05) is 30.3 Å². The average molecular weight is 349 g/mol. The van der Waals surface area contributed by atoms with E-state index < -0.39 is 0 Å². The van der Waals surface area contributed by atoms with Crippen LogP contribution in [0.5, 0.6) is 11.5 Å². The summed E-state index contributed by atoms with van der Waals surface area (Å²) in [6.45, 7) is 3.29. The van der Waals surface area contributed by atoms with Gasteiger partial charge >= 0.3 is 0 Å². The highest BCUT2D eigenvalue weighted by molar-refractivity contribution is 5.34. The largest absolute Gasteiger partial charge is 0.506 e. The molecular weight excluding hydrogens is 326 g/mol. The topological polar surface area (TPSA) is 69.4 Å². The van der Waals surface area contributed by atoms with E-state index >= 15 is 0 Å². The number of likely N-dealkylation sites (tertiary alicyclic amines) is 1. The van der Waals surface area contributed by atoms with E-state index in [-0.39, 0.29) is 5.75 Å². The molecule has 1 aromatic carbocycles. The summed E-state index contributed by atoms with van der Waals surface area (Å²) < 4.78 is 6.13. The monoisotopic (exact) mass is 349 g/mol. The van der Waals surface area contributed by atoms with Crippen molar-refractivity contribution in [2.75, 3.05) is 19.6 Å². The van der Waals surface area contributed by atoms with E-state index in [1.165, 1.54) is 6.20 Å². The van der Waals surface area contributed by atoms with Crippen LogP contribution in [0.25, 0.3) is 0 Å². The molecule has 2 fully saturated rings. The number of aromatic hydroxyl groups is 1. The van der Waals surface area contributed by atoms with Crippen LogP contribution in [0.1, 0.15) is 24.1 Å². The molecule has 0 radical (unpaired) electrons. The summed E-state index contributed by atoms with van der Waals surface area (Å²) in [6.07, 6.45) is 4.94.